The van der Waals surface area contributed by atoms with Gasteiger partial charge in [0.15, 0.2) is 0 Å². The first-order valence-corrected chi connectivity index (χ1v) is 23.1. The minimum absolute atomic E-state index is 0.341. The summed E-state index contributed by atoms with van der Waals surface area (Å²) < 4.78 is 0. The molecule has 5 rings (SSSR count). The number of hydrogen-bond donors (Lipinski definition) is 2. The van der Waals surface area contributed by atoms with Gasteiger partial charge in [0.1, 0.15) is 0 Å². The summed E-state index contributed by atoms with van der Waals surface area (Å²) in [7, 11) is 0. The van der Waals surface area contributed by atoms with Crippen molar-refractivity contribution in [1.82, 2.24) is 9.80 Å². The lowest BCUT2D eigenvalue weighted by molar-refractivity contribution is 0.258. The van der Waals surface area contributed by atoms with E-state index >= 15 is 0 Å². The number of aliphatic imine (C=N–C) groups is 2. The summed E-state index contributed by atoms with van der Waals surface area (Å²) in [5.41, 5.74) is 15.0. The number of nitrogens with one attached hydrogen (secondary N) is 2. The second-order valence-corrected chi connectivity index (χ2v) is 19.5. The molecule has 0 spiro atoms. The Labute approximate surface area is 365 Å². The van der Waals surface area contributed by atoms with E-state index in [-0.39, 0.29) is 0 Å². The second-order valence-electron chi connectivity index (χ2n) is 19.5. The Bertz CT molecular complexity index is 1850. The fourth-order valence-corrected chi connectivity index (χ4v) is 8.59. The average molecular weight is 811 g/mol. The Kier molecular flexibility index (Phi) is 15.7. The molecule has 0 aliphatic carbocycles. The third-order valence-corrected chi connectivity index (χ3v) is 12.2. The van der Waals surface area contributed by atoms with Gasteiger partial charge in [0.25, 0.3) is 0 Å². The zero-order chi connectivity index (χ0) is 44.0. The molecule has 1 saturated heterocycles. The molecule has 6 nitrogen and oxygen atoms in total. The van der Waals surface area contributed by atoms with Crippen LogP contribution in [0.3, 0.4) is 0 Å². The van der Waals surface area contributed by atoms with Crippen molar-refractivity contribution in [3.05, 3.63) is 117 Å². The first kappa shape index (κ1) is 46.5. The van der Waals surface area contributed by atoms with E-state index in [1.54, 1.807) is 0 Å². The predicted octanol–water partition coefficient (Wildman–Crippen LogP) is 15.2. The van der Waals surface area contributed by atoms with Crippen LogP contribution in [-0.2, 0) is 0 Å². The number of piperazine rings is 1. The minimum atomic E-state index is 0.341. The van der Waals surface area contributed by atoms with Crippen LogP contribution in [0.25, 0.3) is 0 Å². The maximum absolute atomic E-state index is 5.72. The maximum Gasteiger partial charge on any atom is 0.203 e. The number of benzene rings is 4. The van der Waals surface area contributed by atoms with E-state index in [0.29, 0.717) is 47.3 Å². The molecule has 0 saturated carbocycles. The van der Waals surface area contributed by atoms with Gasteiger partial charge in [0.2, 0.25) is 11.9 Å². The minimum Gasteiger partial charge on any atom is -0.339 e. The topological polar surface area (TPSA) is 55.3 Å². The van der Waals surface area contributed by atoms with Gasteiger partial charge >= 0.3 is 0 Å². The molecular weight excluding hydrogens is 733 g/mol. The van der Waals surface area contributed by atoms with E-state index in [1.165, 1.54) is 55.9 Å². The van der Waals surface area contributed by atoms with E-state index < -0.39 is 0 Å². The van der Waals surface area contributed by atoms with Gasteiger partial charge in [-0.1, -0.05) is 184 Å². The Balaban J connectivity index is 1.66. The van der Waals surface area contributed by atoms with E-state index in [0.717, 1.165) is 49.5 Å². The summed E-state index contributed by atoms with van der Waals surface area (Å²) >= 11 is 0. The van der Waals surface area contributed by atoms with Crippen LogP contribution >= 0.6 is 0 Å². The molecule has 2 N–H and O–H groups in total. The van der Waals surface area contributed by atoms with Crippen molar-refractivity contribution in [1.29, 1.82) is 0 Å². The van der Waals surface area contributed by atoms with Crippen LogP contribution in [0.2, 0.25) is 0 Å². The summed E-state index contributed by atoms with van der Waals surface area (Å²) in [6.07, 6.45) is 0. The Morgan fingerprint density at radius 1 is 0.350 bits per heavy atom. The van der Waals surface area contributed by atoms with Gasteiger partial charge in [-0.25, -0.2) is 9.98 Å². The van der Waals surface area contributed by atoms with E-state index in [9.17, 15) is 0 Å². The number of rotatable bonds is 12. The van der Waals surface area contributed by atoms with Crippen LogP contribution in [0.1, 0.15) is 203 Å². The van der Waals surface area contributed by atoms with E-state index in [1.807, 2.05) is 0 Å². The lowest BCUT2D eigenvalue weighted by Crippen LogP contribution is -2.53. The van der Waals surface area contributed by atoms with E-state index in [4.69, 9.17) is 9.98 Å². The highest BCUT2D eigenvalue weighted by Crippen LogP contribution is 2.39. The molecule has 60 heavy (non-hydrogen) atoms. The van der Waals surface area contributed by atoms with Crippen molar-refractivity contribution in [3.63, 3.8) is 0 Å². The third-order valence-electron chi connectivity index (χ3n) is 12.2. The normalized spacial score (nSPS) is 14.4. The molecule has 1 fully saturated rings. The fourth-order valence-electron chi connectivity index (χ4n) is 8.59. The third kappa shape index (κ3) is 10.6. The molecule has 1 aliphatic rings. The molecule has 0 aromatic heterocycles. The predicted molar refractivity (Wildman–Crippen MR) is 263 cm³/mol. The standard InChI is InChI=1S/C54H78N6/c1-33(2)41-21-17-22-42(34(3)4)49(41)55-53(56-50-43(35(5)6)23-18-24-44(50)36(7)8)59-29-31-60(32-30-59)54(57-51-45(37(9)10)25-19-26-46(51)38(11)12)58-52-47(39(13)14)27-20-28-48(52)40(15)16/h17-28,33-40H,29-32H2,1-16H3,(H,55,56)(H,57,58). The highest BCUT2D eigenvalue weighted by molar-refractivity contribution is 5.99. The van der Waals surface area contributed by atoms with Gasteiger partial charge in [-0.3, -0.25) is 0 Å². The molecule has 6 heteroatoms. The average Bonchev–Trinajstić information content (AvgIpc) is 3.19. The van der Waals surface area contributed by atoms with Gasteiger partial charge in [-0.2, -0.15) is 0 Å². The van der Waals surface area contributed by atoms with Gasteiger partial charge in [-0.15, -0.1) is 0 Å². The molecule has 0 radical (unpaired) electrons. The lowest BCUT2D eigenvalue weighted by atomic mass is 9.92. The zero-order valence-electron chi connectivity index (χ0n) is 40.2. The summed E-state index contributed by atoms with van der Waals surface area (Å²) in [6.45, 7) is 39.8. The number of nitrogens with zero attached hydrogens (tertiary/aromatic N) is 4. The van der Waals surface area contributed by atoms with Crippen LogP contribution in [0.5, 0.6) is 0 Å². The molecule has 4 aromatic carbocycles. The van der Waals surface area contributed by atoms with Gasteiger partial charge in [0, 0.05) is 37.6 Å². The monoisotopic (exact) mass is 811 g/mol. The molecule has 4 aromatic rings. The number of guanidine groups is 2. The number of para-hydroxylation sites is 4. The summed E-state index contributed by atoms with van der Waals surface area (Å²) in [5.74, 6) is 4.64. The summed E-state index contributed by atoms with van der Waals surface area (Å²) in [4.78, 5) is 16.4. The van der Waals surface area contributed by atoms with Crippen molar-refractivity contribution in [2.24, 2.45) is 9.98 Å². The Hall–Kier alpha value is -4.58. The molecule has 0 atom stereocenters. The van der Waals surface area contributed by atoms with Crippen molar-refractivity contribution >= 4 is 34.7 Å². The zero-order valence-corrected chi connectivity index (χ0v) is 40.2. The molecule has 1 heterocycles. The molecule has 0 amide bonds. The SMILES string of the molecule is CC(C)c1cccc(C(C)C)c1N=C(Nc1c(C(C)C)cccc1C(C)C)N1CCN(C(=Nc2c(C(C)C)cccc2C(C)C)Nc2c(C(C)C)cccc2C(C)C)CC1. The smallest absolute Gasteiger partial charge is 0.203 e. The van der Waals surface area contributed by atoms with Crippen LogP contribution in [0, 0.1) is 0 Å². The van der Waals surface area contributed by atoms with Crippen LogP contribution < -0.4 is 10.6 Å². The summed E-state index contributed by atoms with van der Waals surface area (Å²) in [5, 5.41) is 8.09. The largest absolute Gasteiger partial charge is 0.339 e. The quantitative estimate of drug-likeness (QED) is 0.111. The molecule has 1 aliphatic heterocycles. The van der Waals surface area contributed by atoms with Crippen LogP contribution in [-0.4, -0.2) is 47.9 Å². The number of hydrogen-bond acceptors (Lipinski definition) is 2. The van der Waals surface area contributed by atoms with Crippen LogP contribution in [0.4, 0.5) is 22.7 Å². The van der Waals surface area contributed by atoms with Crippen molar-refractivity contribution < 1.29 is 0 Å². The Morgan fingerprint density at radius 3 is 0.750 bits per heavy atom. The highest BCUT2D eigenvalue weighted by Gasteiger charge is 2.28. The lowest BCUT2D eigenvalue weighted by Gasteiger charge is -2.39. The van der Waals surface area contributed by atoms with Crippen molar-refractivity contribution in [2.45, 2.75) is 158 Å². The number of anilines is 2. The Morgan fingerprint density at radius 2 is 0.550 bits per heavy atom. The van der Waals surface area contributed by atoms with Crippen molar-refractivity contribution in [3.8, 4) is 0 Å². The van der Waals surface area contributed by atoms with Crippen molar-refractivity contribution in [2.75, 3.05) is 36.8 Å². The van der Waals surface area contributed by atoms with Crippen LogP contribution in [0.15, 0.2) is 82.8 Å². The van der Waals surface area contributed by atoms with Gasteiger partial charge < -0.3 is 20.4 Å². The van der Waals surface area contributed by atoms with Gasteiger partial charge in [-0.05, 0) is 91.9 Å². The molecular formula is C54H78N6. The first-order valence-electron chi connectivity index (χ1n) is 23.1. The van der Waals surface area contributed by atoms with E-state index in [2.05, 4.69) is 204 Å². The molecule has 0 bridgehead atoms. The van der Waals surface area contributed by atoms with Gasteiger partial charge in [0.05, 0.1) is 11.4 Å². The fraction of sp³-hybridized carbons (Fsp3) is 0.519. The second kappa shape index (κ2) is 20.3. The molecule has 0 unspecified atom stereocenters. The highest BCUT2D eigenvalue weighted by atomic mass is 15.4. The first-order chi connectivity index (χ1) is 28.4. The maximum atomic E-state index is 5.72. The molecule has 324 valence electrons. The summed E-state index contributed by atoms with van der Waals surface area (Å²) in [6, 6.07) is 27.0.